The van der Waals surface area contributed by atoms with Gasteiger partial charge >= 0.3 is 5.97 Å². The number of ether oxygens (including phenoxy) is 1. The zero-order chi connectivity index (χ0) is 18.9. The molecule has 0 aliphatic carbocycles. The highest BCUT2D eigenvalue weighted by Crippen LogP contribution is 2.22. The molecule has 0 saturated heterocycles. The highest BCUT2D eigenvalue weighted by molar-refractivity contribution is 6.18. The van der Waals surface area contributed by atoms with Gasteiger partial charge in [-0.15, -0.1) is 0 Å². The minimum absolute atomic E-state index is 0.184. The highest BCUT2D eigenvalue weighted by Gasteiger charge is 2.18. The number of rotatable bonds is 7. The zero-order valence-electron chi connectivity index (χ0n) is 15.2. The summed E-state index contributed by atoms with van der Waals surface area (Å²) in [7, 11) is 0. The van der Waals surface area contributed by atoms with Crippen molar-refractivity contribution in [2.75, 3.05) is 6.61 Å². The molecule has 1 atom stereocenters. The van der Waals surface area contributed by atoms with Gasteiger partial charge in [0.2, 0.25) is 0 Å². The number of nitrogens with zero attached hydrogens (tertiary/aromatic N) is 1. The quantitative estimate of drug-likeness (QED) is 0.340. The lowest BCUT2D eigenvalue weighted by Crippen LogP contribution is -2.13. The first-order valence-corrected chi connectivity index (χ1v) is 8.49. The van der Waals surface area contributed by atoms with E-state index < -0.39 is 5.97 Å². The third kappa shape index (κ3) is 4.72. The van der Waals surface area contributed by atoms with E-state index in [1.807, 2.05) is 50.2 Å². The molecule has 0 aliphatic rings. The van der Waals surface area contributed by atoms with Gasteiger partial charge in [0.05, 0.1) is 12.2 Å². The van der Waals surface area contributed by atoms with E-state index in [-0.39, 0.29) is 17.6 Å². The highest BCUT2D eigenvalue weighted by atomic mass is 16.7. The molecule has 5 nitrogen and oxygen atoms in total. The molecule has 1 unspecified atom stereocenters. The molecule has 0 saturated carbocycles. The van der Waals surface area contributed by atoms with Gasteiger partial charge < -0.3 is 14.7 Å². The smallest absolute Gasteiger partial charge is 0.335 e. The van der Waals surface area contributed by atoms with Crippen molar-refractivity contribution in [3.8, 4) is 0 Å². The summed E-state index contributed by atoms with van der Waals surface area (Å²) in [6.45, 7) is 5.80. The molecule has 0 fully saturated rings. The van der Waals surface area contributed by atoms with E-state index in [0.29, 0.717) is 17.7 Å². The standard InChI is InChI=1S/C21H23NO4/c1-4-17(21(23)24)18-13-9-10-14-19(18)20(25-5-2)22-26-15(3)16-11-7-6-8-12-16/h4,6-15H,5H2,1-3H3,(H,23,24)/b17-4+,22-20+. The van der Waals surface area contributed by atoms with Crippen LogP contribution < -0.4 is 0 Å². The van der Waals surface area contributed by atoms with Gasteiger partial charge in [-0.1, -0.05) is 54.6 Å². The van der Waals surface area contributed by atoms with Gasteiger partial charge in [0.1, 0.15) is 6.10 Å². The van der Waals surface area contributed by atoms with Crippen LogP contribution in [0, 0.1) is 0 Å². The number of carboxylic acids is 1. The number of hydrogen-bond donors (Lipinski definition) is 1. The first kappa shape index (κ1) is 19.2. The van der Waals surface area contributed by atoms with E-state index in [2.05, 4.69) is 5.16 Å². The Morgan fingerprint density at radius 3 is 2.31 bits per heavy atom. The number of benzene rings is 2. The maximum absolute atomic E-state index is 11.5. The second-order valence-electron chi connectivity index (χ2n) is 5.54. The van der Waals surface area contributed by atoms with Crippen LogP contribution in [-0.2, 0) is 14.4 Å². The average Bonchev–Trinajstić information content (AvgIpc) is 2.66. The third-order valence-corrected chi connectivity index (χ3v) is 3.81. The van der Waals surface area contributed by atoms with Gasteiger partial charge in [-0.25, -0.2) is 4.79 Å². The molecule has 136 valence electrons. The fourth-order valence-electron chi connectivity index (χ4n) is 2.50. The summed E-state index contributed by atoms with van der Waals surface area (Å²) in [4.78, 5) is 17.2. The van der Waals surface area contributed by atoms with Gasteiger partial charge in [0, 0.05) is 11.1 Å². The van der Waals surface area contributed by atoms with Crippen LogP contribution in [0.25, 0.3) is 5.57 Å². The number of carboxylic acid groups (broad SMARTS) is 1. The summed E-state index contributed by atoms with van der Waals surface area (Å²) < 4.78 is 5.63. The lowest BCUT2D eigenvalue weighted by Gasteiger charge is -2.15. The molecule has 0 radical (unpaired) electrons. The van der Waals surface area contributed by atoms with Gasteiger partial charge in [-0.05, 0) is 37.6 Å². The molecule has 5 heteroatoms. The Morgan fingerprint density at radius 1 is 1.12 bits per heavy atom. The first-order valence-electron chi connectivity index (χ1n) is 8.49. The second kappa shape index (κ2) is 9.42. The maximum Gasteiger partial charge on any atom is 0.335 e. The van der Waals surface area contributed by atoms with E-state index in [9.17, 15) is 9.90 Å². The Kier molecular flexibility index (Phi) is 6.97. The van der Waals surface area contributed by atoms with Crippen LogP contribution in [0.15, 0.2) is 65.8 Å². The van der Waals surface area contributed by atoms with Crippen molar-refractivity contribution in [3.63, 3.8) is 0 Å². The summed E-state index contributed by atoms with van der Waals surface area (Å²) in [6.07, 6.45) is 1.29. The number of allylic oxidation sites excluding steroid dienone is 1. The van der Waals surface area contributed by atoms with E-state index >= 15 is 0 Å². The maximum atomic E-state index is 11.5. The van der Waals surface area contributed by atoms with Gasteiger partial charge in [0.25, 0.3) is 5.90 Å². The Balaban J connectivity index is 2.37. The van der Waals surface area contributed by atoms with E-state index in [0.717, 1.165) is 5.56 Å². The van der Waals surface area contributed by atoms with Crippen LogP contribution >= 0.6 is 0 Å². The van der Waals surface area contributed by atoms with Crippen LogP contribution in [0.2, 0.25) is 0 Å². The second-order valence-corrected chi connectivity index (χ2v) is 5.54. The fourth-order valence-corrected chi connectivity index (χ4v) is 2.50. The molecule has 0 heterocycles. The summed E-state index contributed by atoms with van der Waals surface area (Å²) in [5.74, 6) is -0.749. The summed E-state index contributed by atoms with van der Waals surface area (Å²) in [5.41, 5.74) is 2.28. The molecule has 0 spiro atoms. The van der Waals surface area contributed by atoms with Crippen molar-refractivity contribution in [1.29, 1.82) is 0 Å². The van der Waals surface area contributed by atoms with E-state index in [4.69, 9.17) is 9.57 Å². The number of oxime groups is 1. The van der Waals surface area contributed by atoms with Crippen molar-refractivity contribution < 1.29 is 19.5 Å². The van der Waals surface area contributed by atoms with Gasteiger partial charge in [-0.3, -0.25) is 0 Å². The molecule has 0 aliphatic heterocycles. The number of aliphatic carboxylic acids is 1. The normalized spacial score (nSPS) is 13.2. The van der Waals surface area contributed by atoms with Crippen molar-refractivity contribution in [2.45, 2.75) is 26.9 Å². The number of hydrogen-bond acceptors (Lipinski definition) is 4. The predicted octanol–water partition coefficient (Wildman–Crippen LogP) is 4.65. The molecule has 2 aromatic rings. The largest absolute Gasteiger partial charge is 0.478 e. The van der Waals surface area contributed by atoms with Gasteiger partial charge in [-0.2, -0.15) is 0 Å². The van der Waals surface area contributed by atoms with Crippen molar-refractivity contribution >= 4 is 17.4 Å². The fraction of sp³-hybridized carbons (Fsp3) is 0.238. The Morgan fingerprint density at radius 2 is 1.73 bits per heavy atom. The lowest BCUT2D eigenvalue weighted by atomic mass is 9.99. The van der Waals surface area contributed by atoms with Crippen LogP contribution in [0.4, 0.5) is 0 Å². The number of carbonyl (C=O) groups is 1. The van der Waals surface area contributed by atoms with Crippen molar-refractivity contribution in [1.82, 2.24) is 0 Å². The summed E-state index contributed by atoms with van der Waals surface area (Å²) >= 11 is 0. The van der Waals surface area contributed by atoms with Crippen molar-refractivity contribution in [3.05, 3.63) is 77.4 Å². The van der Waals surface area contributed by atoms with Gasteiger partial charge in [0.15, 0.2) is 0 Å². The van der Waals surface area contributed by atoms with Crippen molar-refractivity contribution in [2.24, 2.45) is 5.16 Å². The average molecular weight is 353 g/mol. The molecular weight excluding hydrogens is 330 g/mol. The van der Waals surface area contributed by atoms with Crippen LogP contribution in [-0.4, -0.2) is 23.6 Å². The third-order valence-electron chi connectivity index (χ3n) is 3.81. The monoisotopic (exact) mass is 353 g/mol. The Labute approximate surface area is 153 Å². The SMILES string of the molecule is C/C=C(/C(=O)O)c1ccccc1/C(=N\OC(C)c1ccccc1)OCC. The predicted molar refractivity (Wildman–Crippen MR) is 102 cm³/mol. The molecule has 2 aromatic carbocycles. The zero-order valence-corrected chi connectivity index (χ0v) is 15.2. The topological polar surface area (TPSA) is 68.1 Å². The van der Waals surface area contributed by atoms with Crippen LogP contribution in [0.3, 0.4) is 0 Å². The first-order chi connectivity index (χ1) is 12.6. The summed E-state index contributed by atoms with van der Waals surface area (Å²) in [6, 6.07) is 16.8. The van der Waals surface area contributed by atoms with Crippen LogP contribution in [0.5, 0.6) is 0 Å². The molecule has 1 N–H and O–H groups in total. The Bertz CT molecular complexity index is 797. The molecule has 0 aromatic heterocycles. The minimum atomic E-state index is -1.01. The lowest BCUT2D eigenvalue weighted by molar-refractivity contribution is -0.130. The van der Waals surface area contributed by atoms with E-state index in [1.165, 1.54) is 0 Å². The van der Waals surface area contributed by atoms with E-state index in [1.54, 1.807) is 31.2 Å². The molecule has 26 heavy (non-hydrogen) atoms. The minimum Gasteiger partial charge on any atom is -0.478 e. The molecular formula is C21H23NO4. The van der Waals surface area contributed by atoms with Crippen LogP contribution in [0.1, 0.15) is 43.6 Å². The molecule has 0 bridgehead atoms. The molecule has 2 rings (SSSR count). The summed E-state index contributed by atoms with van der Waals surface area (Å²) in [5, 5.41) is 13.6. The Hall–Kier alpha value is -3.08. The molecule has 0 amide bonds.